The molecule has 0 aliphatic heterocycles. The highest BCUT2D eigenvalue weighted by molar-refractivity contribution is 6.02. The first-order valence-corrected chi connectivity index (χ1v) is 4.00. The van der Waals surface area contributed by atoms with Crippen molar-refractivity contribution < 1.29 is 4.79 Å². The number of allylic oxidation sites excluding steroid dienone is 1. The molecule has 1 aromatic rings. The zero-order chi connectivity index (χ0) is 9.84. The molecule has 70 valence electrons. The number of hydrogen-bond donors (Lipinski definition) is 1. The number of aryl methyl sites for hydroxylation is 1. The molecule has 1 rings (SSSR count). The maximum Gasteiger partial charge on any atom is 0.205 e. The molecule has 13 heavy (non-hydrogen) atoms. The summed E-state index contributed by atoms with van der Waals surface area (Å²) in [4.78, 5) is 20.0. The fourth-order valence-corrected chi connectivity index (χ4v) is 0.853. The van der Waals surface area contributed by atoms with Gasteiger partial charge in [-0.1, -0.05) is 0 Å². The van der Waals surface area contributed by atoms with Gasteiger partial charge in [0.1, 0.15) is 11.5 Å². The Bertz CT molecular complexity index is 325. The number of rotatable bonds is 3. The summed E-state index contributed by atoms with van der Waals surface area (Å²) in [6.07, 6.45) is 4.75. The van der Waals surface area contributed by atoms with E-state index in [9.17, 15) is 4.79 Å². The second kappa shape index (κ2) is 3.89. The maximum atomic E-state index is 11.4. The van der Waals surface area contributed by atoms with Crippen LogP contribution in [0.2, 0.25) is 0 Å². The van der Waals surface area contributed by atoms with Gasteiger partial charge < -0.3 is 9.88 Å². The standard InChI is InChI=1S/C9H13N3O/c1-7-10-6-8(11-7)9(13)4-5-12(2)3/h4-6H,1-3H3,(H,10,11). The second-order valence-corrected chi connectivity index (χ2v) is 3.03. The van der Waals surface area contributed by atoms with Crippen LogP contribution in [0.3, 0.4) is 0 Å². The average Bonchev–Trinajstić information content (AvgIpc) is 2.47. The predicted octanol–water partition coefficient (Wildman–Crippen LogP) is 0.976. The van der Waals surface area contributed by atoms with Crippen LogP contribution in [0.25, 0.3) is 0 Å². The molecule has 0 saturated heterocycles. The van der Waals surface area contributed by atoms with Crippen LogP contribution in [-0.2, 0) is 0 Å². The first-order valence-electron chi connectivity index (χ1n) is 4.00. The van der Waals surface area contributed by atoms with E-state index in [4.69, 9.17) is 0 Å². The van der Waals surface area contributed by atoms with Crippen LogP contribution in [0.5, 0.6) is 0 Å². The summed E-state index contributed by atoms with van der Waals surface area (Å²) >= 11 is 0. The molecule has 0 aliphatic rings. The lowest BCUT2D eigenvalue weighted by Crippen LogP contribution is -2.03. The lowest BCUT2D eigenvalue weighted by molar-refractivity contribution is 0.104. The van der Waals surface area contributed by atoms with Gasteiger partial charge in [-0.15, -0.1) is 0 Å². The highest BCUT2D eigenvalue weighted by atomic mass is 16.1. The monoisotopic (exact) mass is 179 g/mol. The van der Waals surface area contributed by atoms with Gasteiger partial charge in [0.15, 0.2) is 0 Å². The first-order chi connectivity index (χ1) is 6.09. The van der Waals surface area contributed by atoms with E-state index in [-0.39, 0.29) is 5.78 Å². The van der Waals surface area contributed by atoms with Crippen molar-refractivity contribution in [3.05, 3.63) is 30.0 Å². The minimum atomic E-state index is -0.0608. The molecular formula is C9H13N3O. The van der Waals surface area contributed by atoms with E-state index in [1.165, 1.54) is 12.3 Å². The van der Waals surface area contributed by atoms with Gasteiger partial charge in [0.2, 0.25) is 5.78 Å². The maximum absolute atomic E-state index is 11.4. The van der Waals surface area contributed by atoms with Crippen LogP contribution >= 0.6 is 0 Å². The Morgan fingerprint density at radius 1 is 1.62 bits per heavy atom. The Kier molecular flexibility index (Phi) is 2.84. The molecule has 0 atom stereocenters. The minimum Gasteiger partial charge on any atom is -0.383 e. The molecule has 4 heteroatoms. The van der Waals surface area contributed by atoms with Gasteiger partial charge in [-0.05, 0) is 6.92 Å². The second-order valence-electron chi connectivity index (χ2n) is 3.03. The summed E-state index contributed by atoms with van der Waals surface area (Å²) in [7, 11) is 3.73. The normalized spacial score (nSPS) is 10.7. The highest BCUT2D eigenvalue weighted by Gasteiger charge is 2.03. The Morgan fingerprint density at radius 3 is 2.77 bits per heavy atom. The molecule has 0 unspecified atom stereocenters. The Morgan fingerprint density at radius 2 is 2.31 bits per heavy atom. The third-order valence-electron chi connectivity index (χ3n) is 1.49. The van der Waals surface area contributed by atoms with Gasteiger partial charge in [-0.25, -0.2) is 4.98 Å². The molecule has 0 aliphatic carbocycles. The third-order valence-corrected chi connectivity index (χ3v) is 1.49. The number of nitrogens with one attached hydrogen (secondary N) is 1. The predicted molar refractivity (Wildman–Crippen MR) is 50.5 cm³/mol. The number of hydrogen-bond acceptors (Lipinski definition) is 3. The fraction of sp³-hybridized carbons (Fsp3) is 0.333. The van der Waals surface area contributed by atoms with Crippen molar-refractivity contribution in [3.8, 4) is 0 Å². The third kappa shape index (κ3) is 2.74. The van der Waals surface area contributed by atoms with Crippen molar-refractivity contribution in [2.45, 2.75) is 6.92 Å². The largest absolute Gasteiger partial charge is 0.383 e. The molecule has 0 saturated carbocycles. The van der Waals surface area contributed by atoms with Crippen molar-refractivity contribution >= 4 is 5.78 Å². The van der Waals surface area contributed by atoms with Gasteiger partial charge in [0.05, 0.1) is 6.20 Å². The molecule has 0 radical (unpaired) electrons. The molecule has 0 bridgehead atoms. The van der Waals surface area contributed by atoms with Crippen LogP contribution in [0, 0.1) is 6.92 Å². The Hall–Kier alpha value is -1.58. The van der Waals surface area contributed by atoms with Crippen LogP contribution < -0.4 is 0 Å². The van der Waals surface area contributed by atoms with Gasteiger partial charge >= 0.3 is 0 Å². The molecule has 1 aromatic heterocycles. The zero-order valence-electron chi connectivity index (χ0n) is 8.03. The van der Waals surface area contributed by atoms with Crippen LogP contribution in [0.1, 0.15) is 16.3 Å². The summed E-state index contributed by atoms with van der Waals surface area (Å²) in [6, 6.07) is 0. The molecule has 0 spiro atoms. The average molecular weight is 179 g/mol. The number of ketones is 1. The van der Waals surface area contributed by atoms with E-state index >= 15 is 0 Å². The molecule has 1 N–H and O–H groups in total. The van der Waals surface area contributed by atoms with Crippen molar-refractivity contribution in [1.82, 2.24) is 14.9 Å². The number of carbonyl (C=O) groups excluding carboxylic acids is 1. The van der Waals surface area contributed by atoms with Crippen molar-refractivity contribution in [3.63, 3.8) is 0 Å². The van der Waals surface area contributed by atoms with E-state index in [1.54, 1.807) is 11.1 Å². The summed E-state index contributed by atoms with van der Waals surface area (Å²) < 4.78 is 0. The number of nitrogens with zero attached hydrogens (tertiary/aromatic N) is 2. The minimum absolute atomic E-state index is 0.0608. The van der Waals surface area contributed by atoms with Crippen LogP contribution in [0.4, 0.5) is 0 Å². The van der Waals surface area contributed by atoms with Crippen molar-refractivity contribution in [2.24, 2.45) is 0 Å². The van der Waals surface area contributed by atoms with E-state index in [0.29, 0.717) is 5.69 Å². The lowest BCUT2D eigenvalue weighted by Gasteiger charge is -2.01. The van der Waals surface area contributed by atoms with Crippen LogP contribution in [0.15, 0.2) is 18.5 Å². The van der Waals surface area contributed by atoms with E-state index in [2.05, 4.69) is 9.97 Å². The molecule has 0 fully saturated rings. The number of H-pyrrole nitrogens is 1. The topological polar surface area (TPSA) is 49.0 Å². The van der Waals surface area contributed by atoms with Gasteiger partial charge in [0, 0.05) is 26.4 Å². The summed E-state index contributed by atoms with van der Waals surface area (Å²) in [6.45, 7) is 1.81. The quantitative estimate of drug-likeness (QED) is 0.555. The number of aromatic nitrogens is 2. The molecule has 0 aromatic carbocycles. The zero-order valence-corrected chi connectivity index (χ0v) is 8.03. The van der Waals surface area contributed by atoms with E-state index in [1.807, 2.05) is 21.0 Å². The number of aromatic amines is 1. The smallest absolute Gasteiger partial charge is 0.205 e. The van der Waals surface area contributed by atoms with Crippen molar-refractivity contribution in [2.75, 3.05) is 14.1 Å². The lowest BCUT2D eigenvalue weighted by atomic mass is 10.3. The molecular weight excluding hydrogens is 166 g/mol. The van der Waals surface area contributed by atoms with Crippen LogP contribution in [-0.4, -0.2) is 34.7 Å². The van der Waals surface area contributed by atoms with Gasteiger partial charge in [0.25, 0.3) is 0 Å². The fourth-order valence-electron chi connectivity index (χ4n) is 0.853. The molecule has 1 heterocycles. The first kappa shape index (κ1) is 9.51. The summed E-state index contributed by atoms with van der Waals surface area (Å²) in [5, 5.41) is 0. The number of carbonyl (C=O) groups is 1. The molecule has 4 nitrogen and oxygen atoms in total. The SMILES string of the molecule is Cc1ncc(C(=O)C=CN(C)C)[nH]1. The van der Waals surface area contributed by atoms with Gasteiger partial charge in [-0.3, -0.25) is 4.79 Å². The van der Waals surface area contributed by atoms with E-state index < -0.39 is 0 Å². The van der Waals surface area contributed by atoms with Gasteiger partial charge in [-0.2, -0.15) is 0 Å². The highest BCUT2D eigenvalue weighted by Crippen LogP contribution is 1.98. The number of imidazole rings is 1. The van der Waals surface area contributed by atoms with Crippen molar-refractivity contribution in [1.29, 1.82) is 0 Å². The Labute approximate surface area is 77.3 Å². The molecule has 0 amide bonds. The van der Waals surface area contributed by atoms with E-state index in [0.717, 1.165) is 5.82 Å². The summed E-state index contributed by atoms with van der Waals surface area (Å²) in [5.41, 5.74) is 0.524. The summed E-state index contributed by atoms with van der Waals surface area (Å²) in [5.74, 6) is 0.691. The Balaban J connectivity index is 2.69.